The first-order chi connectivity index (χ1) is 11.4. The monoisotopic (exact) mass is 330 g/mol. The van der Waals surface area contributed by atoms with Gasteiger partial charge in [-0.15, -0.1) is 0 Å². The molecule has 1 aromatic carbocycles. The van der Waals surface area contributed by atoms with Crippen LogP contribution >= 0.6 is 0 Å². The molecule has 0 saturated heterocycles. The molecule has 2 N–H and O–H groups in total. The summed E-state index contributed by atoms with van der Waals surface area (Å²) in [6.07, 6.45) is 3.72. The minimum atomic E-state index is -0.710. The number of aliphatic carboxylic acids is 1. The van der Waals surface area contributed by atoms with Gasteiger partial charge in [0.15, 0.2) is 0 Å². The average molecular weight is 330 g/mol. The van der Waals surface area contributed by atoms with E-state index in [9.17, 15) is 9.59 Å². The van der Waals surface area contributed by atoms with E-state index >= 15 is 0 Å². The lowest BCUT2D eigenvalue weighted by Gasteiger charge is -2.33. The molecule has 1 aromatic rings. The van der Waals surface area contributed by atoms with Gasteiger partial charge in [0, 0.05) is 19.1 Å². The zero-order valence-electron chi connectivity index (χ0n) is 14.5. The maximum absolute atomic E-state index is 12.6. The second-order valence-electron chi connectivity index (χ2n) is 7.23. The first-order valence-electron chi connectivity index (χ1n) is 8.81. The van der Waals surface area contributed by atoms with Gasteiger partial charge >= 0.3 is 12.0 Å². The highest BCUT2D eigenvalue weighted by molar-refractivity contribution is 5.75. The van der Waals surface area contributed by atoms with Crippen LogP contribution < -0.4 is 5.32 Å². The molecule has 5 heteroatoms. The van der Waals surface area contributed by atoms with E-state index in [2.05, 4.69) is 31.3 Å². The zero-order chi connectivity index (χ0) is 17.3. The molecule has 5 nitrogen and oxygen atoms in total. The van der Waals surface area contributed by atoms with Crippen LogP contribution in [0.15, 0.2) is 12.1 Å². The Hall–Kier alpha value is -2.04. The third-order valence-corrected chi connectivity index (χ3v) is 5.39. The van der Waals surface area contributed by atoms with Gasteiger partial charge in [0.25, 0.3) is 0 Å². The Morgan fingerprint density at radius 1 is 1.17 bits per heavy atom. The number of carbonyl (C=O) groups is 2. The molecule has 1 aliphatic heterocycles. The summed E-state index contributed by atoms with van der Waals surface area (Å²) in [4.78, 5) is 25.4. The maximum atomic E-state index is 12.6. The molecule has 3 rings (SSSR count). The quantitative estimate of drug-likeness (QED) is 0.876. The Balaban J connectivity index is 1.58. The third kappa shape index (κ3) is 3.55. The average Bonchev–Trinajstić information content (AvgIpc) is 2.54. The summed E-state index contributed by atoms with van der Waals surface area (Å²) in [5.74, 6) is -0.955. The minimum absolute atomic E-state index is 0.0152. The van der Waals surface area contributed by atoms with Crippen molar-refractivity contribution in [3.63, 3.8) is 0 Å². The Morgan fingerprint density at radius 3 is 2.54 bits per heavy atom. The van der Waals surface area contributed by atoms with Crippen molar-refractivity contribution in [2.45, 2.75) is 58.5 Å². The van der Waals surface area contributed by atoms with Crippen molar-refractivity contribution in [2.75, 3.05) is 6.54 Å². The first kappa shape index (κ1) is 16.8. The van der Waals surface area contributed by atoms with Crippen molar-refractivity contribution in [1.82, 2.24) is 10.2 Å². The van der Waals surface area contributed by atoms with Gasteiger partial charge < -0.3 is 15.3 Å². The number of carboxylic acids is 1. The van der Waals surface area contributed by atoms with Crippen molar-refractivity contribution in [3.8, 4) is 0 Å². The number of aryl methyl sites for hydroxylation is 2. The van der Waals surface area contributed by atoms with Crippen molar-refractivity contribution in [3.05, 3.63) is 34.4 Å². The number of rotatable bonds is 2. The number of hydrogen-bond donors (Lipinski definition) is 2. The molecule has 0 aromatic heterocycles. The molecule has 1 heterocycles. The fourth-order valence-electron chi connectivity index (χ4n) is 4.04. The van der Waals surface area contributed by atoms with Gasteiger partial charge in [0.1, 0.15) is 0 Å². The van der Waals surface area contributed by atoms with Crippen molar-refractivity contribution >= 4 is 12.0 Å². The second kappa shape index (κ2) is 6.83. The molecule has 130 valence electrons. The molecular formula is C19H26N2O3. The minimum Gasteiger partial charge on any atom is -0.481 e. The lowest BCUT2D eigenvalue weighted by molar-refractivity contribution is -0.142. The van der Waals surface area contributed by atoms with Crippen LogP contribution in [0.2, 0.25) is 0 Å². The van der Waals surface area contributed by atoms with Gasteiger partial charge in [0.05, 0.1) is 5.92 Å². The normalized spacial score (nSPS) is 23.5. The summed E-state index contributed by atoms with van der Waals surface area (Å²) < 4.78 is 0. The Labute approximate surface area is 143 Å². The van der Waals surface area contributed by atoms with E-state index in [1.807, 2.05) is 4.90 Å². The highest BCUT2D eigenvalue weighted by atomic mass is 16.4. The SMILES string of the molecule is Cc1cc(C)c2c(c1)CN(C(=O)NC1CCC(C(=O)O)CC1)CC2. The highest BCUT2D eigenvalue weighted by Gasteiger charge is 2.29. The van der Waals surface area contributed by atoms with Crippen LogP contribution in [-0.2, 0) is 17.8 Å². The van der Waals surface area contributed by atoms with Gasteiger partial charge in [0.2, 0.25) is 0 Å². The fraction of sp³-hybridized carbons (Fsp3) is 0.579. The predicted molar refractivity (Wildman–Crippen MR) is 91.9 cm³/mol. The van der Waals surface area contributed by atoms with E-state index in [1.165, 1.54) is 22.3 Å². The largest absolute Gasteiger partial charge is 0.481 e. The fourth-order valence-corrected chi connectivity index (χ4v) is 4.04. The van der Waals surface area contributed by atoms with Crippen LogP contribution in [0.25, 0.3) is 0 Å². The summed E-state index contributed by atoms with van der Waals surface area (Å²) in [6, 6.07) is 4.47. The number of benzene rings is 1. The van der Waals surface area contributed by atoms with Crippen molar-refractivity contribution in [2.24, 2.45) is 5.92 Å². The molecule has 2 amide bonds. The van der Waals surface area contributed by atoms with Crippen LogP contribution in [0, 0.1) is 19.8 Å². The molecule has 0 atom stereocenters. The van der Waals surface area contributed by atoms with Gasteiger partial charge in [-0.05, 0) is 62.6 Å². The molecular weight excluding hydrogens is 304 g/mol. The van der Waals surface area contributed by atoms with E-state index in [0.717, 1.165) is 25.8 Å². The summed E-state index contributed by atoms with van der Waals surface area (Å²) in [5.41, 5.74) is 5.19. The van der Waals surface area contributed by atoms with Gasteiger partial charge in [-0.3, -0.25) is 4.79 Å². The van der Waals surface area contributed by atoms with Crippen LogP contribution in [-0.4, -0.2) is 34.6 Å². The van der Waals surface area contributed by atoms with Crippen LogP contribution in [0.1, 0.15) is 47.9 Å². The molecule has 0 bridgehead atoms. The van der Waals surface area contributed by atoms with Crippen LogP contribution in [0.3, 0.4) is 0 Å². The molecule has 1 saturated carbocycles. The van der Waals surface area contributed by atoms with E-state index in [-0.39, 0.29) is 18.0 Å². The lowest BCUT2D eigenvalue weighted by atomic mass is 9.86. The summed E-state index contributed by atoms with van der Waals surface area (Å²) in [5, 5.41) is 12.2. The number of hydrogen-bond acceptors (Lipinski definition) is 2. The maximum Gasteiger partial charge on any atom is 0.317 e. The summed E-state index contributed by atoms with van der Waals surface area (Å²) >= 11 is 0. The van der Waals surface area contributed by atoms with E-state index in [1.54, 1.807) is 0 Å². The Kier molecular flexibility index (Phi) is 4.78. The summed E-state index contributed by atoms with van der Waals surface area (Å²) in [6.45, 7) is 5.64. The predicted octanol–water partition coefficient (Wildman–Crippen LogP) is 3.01. The molecule has 24 heavy (non-hydrogen) atoms. The number of carboxylic acid groups (broad SMARTS) is 1. The Bertz CT molecular complexity index is 648. The van der Waals surface area contributed by atoms with Gasteiger partial charge in [-0.2, -0.15) is 0 Å². The van der Waals surface area contributed by atoms with Gasteiger partial charge in [-0.25, -0.2) is 4.79 Å². The number of carbonyl (C=O) groups excluding carboxylic acids is 1. The van der Waals surface area contributed by atoms with Crippen LogP contribution in [0.4, 0.5) is 4.79 Å². The van der Waals surface area contributed by atoms with Crippen molar-refractivity contribution in [1.29, 1.82) is 0 Å². The molecule has 2 aliphatic rings. The number of urea groups is 1. The molecule has 0 radical (unpaired) electrons. The Morgan fingerprint density at radius 2 is 1.88 bits per heavy atom. The van der Waals surface area contributed by atoms with Gasteiger partial charge in [-0.1, -0.05) is 17.7 Å². The van der Waals surface area contributed by atoms with E-state index in [4.69, 9.17) is 5.11 Å². The van der Waals surface area contributed by atoms with E-state index in [0.29, 0.717) is 19.4 Å². The number of fused-ring (bicyclic) bond motifs is 1. The molecule has 0 spiro atoms. The highest BCUT2D eigenvalue weighted by Crippen LogP contribution is 2.26. The smallest absolute Gasteiger partial charge is 0.317 e. The zero-order valence-corrected chi connectivity index (χ0v) is 14.5. The standard InChI is InChI=1S/C19H26N2O3/c1-12-9-13(2)17-7-8-21(11-15(17)10-12)19(24)20-16-5-3-14(4-6-16)18(22)23/h9-10,14,16H,3-8,11H2,1-2H3,(H,20,24)(H,22,23). The summed E-state index contributed by atoms with van der Waals surface area (Å²) in [7, 11) is 0. The topological polar surface area (TPSA) is 69.6 Å². The van der Waals surface area contributed by atoms with E-state index < -0.39 is 5.97 Å². The number of amides is 2. The van der Waals surface area contributed by atoms with Crippen molar-refractivity contribution < 1.29 is 14.7 Å². The van der Waals surface area contributed by atoms with Crippen LogP contribution in [0.5, 0.6) is 0 Å². The number of nitrogens with one attached hydrogen (secondary N) is 1. The molecule has 1 fully saturated rings. The second-order valence-corrected chi connectivity index (χ2v) is 7.23. The molecule has 0 unspecified atom stereocenters. The third-order valence-electron chi connectivity index (χ3n) is 5.39. The first-order valence-corrected chi connectivity index (χ1v) is 8.81. The lowest BCUT2D eigenvalue weighted by Crippen LogP contribution is -2.48. The molecule has 1 aliphatic carbocycles. The number of nitrogens with zero attached hydrogens (tertiary/aromatic N) is 1.